The largest absolute Gasteiger partial charge is 0.507 e. The lowest BCUT2D eigenvalue weighted by atomic mass is 9.95. The number of thioether (sulfide) groups is 1. The normalized spacial score (nSPS) is 15.9. The van der Waals surface area contributed by atoms with Crippen LogP contribution in [0.1, 0.15) is 22.7 Å². The van der Waals surface area contributed by atoms with Crippen LogP contribution in [0.25, 0.3) is 16.5 Å². The summed E-state index contributed by atoms with van der Waals surface area (Å²) in [6.07, 6.45) is 0. The van der Waals surface area contributed by atoms with Crippen molar-refractivity contribution in [3.05, 3.63) is 117 Å². The number of fused-ring (bicyclic) bond motifs is 1. The number of ether oxygens (including phenoxy) is 2. The first-order valence-corrected chi connectivity index (χ1v) is 15.3. The van der Waals surface area contributed by atoms with Crippen LogP contribution in [0, 0.1) is 10.1 Å². The average Bonchev–Trinajstić information content (AvgIpc) is 3.64. The van der Waals surface area contributed by atoms with Gasteiger partial charge in [-0.3, -0.25) is 24.6 Å². The molecule has 226 valence electrons. The first-order valence-electron chi connectivity index (χ1n) is 13.5. The van der Waals surface area contributed by atoms with E-state index in [4.69, 9.17) is 9.47 Å². The zero-order chi connectivity index (χ0) is 31.7. The standard InChI is InChI=1S/C32H24N4O7S2/c1-42-24-15-12-20(16-25(24)43-2)28(37)26-27(19-10-13-22(14-11-19)36(40)41)35(30(39)29(26)38)31-33-34-32(45-31)44-17-21-8-5-7-18-6-3-4-9-23(18)21/h3-16,27,37H,17H2,1-2H3/t27-/m0/s1. The van der Waals surface area contributed by atoms with Crippen LogP contribution in [0.5, 0.6) is 11.5 Å². The predicted molar refractivity (Wildman–Crippen MR) is 171 cm³/mol. The fourth-order valence-corrected chi connectivity index (χ4v) is 7.05. The van der Waals surface area contributed by atoms with E-state index in [1.54, 1.807) is 6.07 Å². The van der Waals surface area contributed by atoms with Gasteiger partial charge in [0.15, 0.2) is 15.8 Å². The van der Waals surface area contributed by atoms with Crippen LogP contribution < -0.4 is 14.4 Å². The molecule has 0 radical (unpaired) electrons. The first kappa shape index (κ1) is 29.8. The third kappa shape index (κ3) is 5.58. The molecule has 11 nitrogen and oxygen atoms in total. The molecule has 0 spiro atoms. The number of aliphatic hydroxyl groups is 1. The number of benzene rings is 4. The van der Waals surface area contributed by atoms with E-state index in [0.29, 0.717) is 27.2 Å². The van der Waals surface area contributed by atoms with Gasteiger partial charge in [-0.15, -0.1) is 10.2 Å². The molecule has 1 aliphatic heterocycles. The topological polar surface area (TPSA) is 145 Å². The Morgan fingerprint density at radius 3 is 2.44 bits per heavy atom. The van der Waals surface area contributed by atoms with E-state index >= 15 is 0 Å². The second-order valence-corrected chi connectivity index (χ2v) is 12.0. The number of carbonyl (C=O) groups excluding carboxylic acids is 2. The number of nitro groups is 1. The summed E-state index contributed by atoms with van der Waals surface area (Å²) < 4.78 is 11.2. The van der Waals surface area contributed by atoms with Gasteiger partial charge in [0.1, 0.15) is 5.76 Å². The minimum atomic E-state index is -1.14. The molecule has 0 aliphatic carbocycles. The summed E-state index contributed by atoms with van der Waals surface area (Å²) in [6, 6.07) is 23.0. The monoisotopic (exact) mass is 640 g/mol. The number of aromatic nitrogens is 2. The number of aliphatic hydroxyl groups excluding tert-OH is 1. The highest BCUT2D eigenvalue weighted by molar-refractivity contribution is 8.00. The predicted octanol–water partition coefficient (Wildman–Crippen LogP) is 6.54. The second-order valence-electron chi connectivity index (χ2n) is 9.86. The fraction of sp³-hybridized carbons (Fsp3) is 0.125. The zero-order valence-corrected chi connectivity index (χ0v) is 25.5. The van der Waals surface area contributed by atoms with E-state index < -0.39 is 28.4 Å². The third-order valence-corrected chi connectivity index (χ3v) is 9.46. The van der Waals surface area contributed by atoms with Crippen LogP contribution in [-0.4, -0.2) is 46.1 Å². The number of anilines is 1. The maximum atomic E-state index is 13.6. The summed E-state index contributed by atoms with van der Waals surface area (Å²) in [6.45, 7) is 0. The van der Waals surface area contributed by atoms with Crippen molar-refractivity contribution in [2.45, 2.75) is 16.1 Å². The number of hydrogen-bond donors (Lipinski definition) is 1. The van der Waals surface area contributed by atoms with Gasteiger partial charge in [-0.25, -0.2) is 0 Å². The Labute approximate surface area is 264 Å². The molecule has 5 aromatic rings. The number of carbonyl (C=O) groups is 2. The number of methoxy groups -OCH3 is 2. The summed E-state index contributed by atoms with van der Waals surface area (Å²) in [5.74, 6) is -0.994. The Balaban J connectivity index is 1.39. The lowest BCUT2D eigenvalue weighted by Gasteiger charge is -2.22. The molecule has 1 amide bonds. The maximum absolute atomic E-state index is 13.6. The highest BCUT2D eigenvalue weighted by Crippen LogP contribution is 2.45. The molecule has 1 N–H and O–H groups in total. The molecule has 1 aromatic heterocycles. The number of hydrogen-bond acceptors (Lipinski definition) is 11. The van der Waals surface area contributed by atoms with Gasteiger partial charge in [-0.2, -0.15) is 0 Å². The number of Topliss-reactive ketones (excluding diaryl/α,β-unsaturated/α-hetero) is 1. The van der Waals surface area contributed by atoms with Crippen LogP contribution in [-0.2, 0) is 15.3 Å². The molecular formula is C32H24N4O7S2. The smallest absolute Gasteiger partial charge is 0.301 e. The van der Waals surface area contributed by atoms with Crippen molar-refractivity contribution >= 4 is 62.1 Å². The Morgan fingerprint density at radius 1 is 0.978 bits per heavy atom. The molecule has 0 unspecified atom stereocenters. The molecule has 6 rings (SSSR count). The Kier molecular flexibility index (Phi) is 8.20. The summed E-state index contributed by atoms with van der Waals surface area (Å²) >= 11 is 2.58. The summed E-state index contributed by atoms with van der Waals surface area (Å²) in [4.78, 5) is 39.1. The zero-order valence-electron chi connectivity index (χ0n) is 23.9. The molecule has 2 heterocycles. The summed E-state index contributed by atoms with van der Waals surface area (Å²) in [5, 5.41) is 33.7. The van der Waals surface area contributed by atoms with Crippen molar-refractivity contribution < 1.29 is 29.1 Å². The Hall–Kier alpha value is -5.27. The first-order chi connectivity index (χ1) is 21.8. The van der Waals surface area contributed by atoms with Gasteiger partial charge in [-0.05, 0) is 52.2 Å². The minimum Gasteiger partial charge on any atom is -0.507 e. The van der Waals surface area contributed by atoms with E-state index in [9.17, 15) is 24.8 Å². The van der Waals surface area contributed by atoms with Gasteiger partial charge in [-0.1, -0.05) is 65.6 Å². The van der Waals surface area contributed by atoms with Crippen LogP contribution in [0.3, 0.4) is 0 Å². The maximum Gasteiger partial charge on any atom is 0.301 e. The molecular weight excluding hydrogens is 617 g/mol. The SMILES string of the molecule is COc1ccc(C(O)=C2C(=O)C(=O)N(c3nnc(SCc4cccc5ccccc45)s3)[C@H]2c2ccc([N+](=O)[O-])cc2)cc1OC. The number of non-ortho nitro benzene ring substituents is 1. The third-order valence-electron chi connectivity index (χ3n) is 7.35. The molecule has 1 fully saturated rings. The van der Waals surface area contributed by atoms with Crippen LogP contribution in [0.2, 0.25) is 0 Å². The molecule has 0 bridgehead atoms. The highest BCUT2D eigenvalue weighted by atomic mass is 32.2. The molecule has 4 aromatic carbocycles. The molecule has 13 heteroatoms. The van der Waals surface area contributed by atoms with Gasteiger partial charge < -0.3 is 14.6 Å². The second kappa shape index (κ2) is 12.4. The molecule has 1 saturated heterocycles. The molecule has 1 aliphatic rings. The van der Waals surface area contributed by atoms with E-state index in [1.165, 1.54) is 67.3 Å². The van der Waals surface area contributed by atoms with Crippen molar-refractivity contribution in [2.24, 2.45) is 0 Å². The van der Waals surface area contributed by atoms with Crippen LogP contribution in [0.15, 0.2) is 94.8 Å². The number of nitrogens with zero attached hydrogens (tertiary/aromatic N) is 4. The summed E-state index contributed by atoms with van der Waals surface area (Å²) in [7, 11) is 2.90. The van der Waals surface area contributed by atoms with Crippen LogP contribution in [0.4, 0.5) is 10.8 Å². The number of amides is 1. The minimum absolute atomic E-state index is 0.146. The quantitative estimate of drug-likeness (QED) is 0.0359. The Morgan fingerprint density at radius 2 is 1.71 bits per heavy atom. The van der Waals surface area contributed by atoms with Crippen molar-refractivity contribution in [3.8, 4) is 11.5 Å². The van der Waals surface area contributed by atoms with Crippen molar-refractivity contribution in [1.29, 1.82) is 0 Å². The van der Waals surface area contributed by atoms with Gasteiger partial charge >= 0.3 is 5.91 Å². The van der Waals surface area contributed by atoms with Gasteiger partial charge in [0.25, 0.3) is 11.5 Å². The van der Waals surface area contributed by atoms with Gasteiger partial charge in [0.05, 0.1) is 30.8 Å². The lowest BCUT2D eigenvalue weighted by molar-refractivity contribution is -0.384. The van der Waals surface area contributed by atoms with Crippen molar-refractivity contribution in [2.75, 3.05) is 19.1 Å². The van der Waals surface area contributed by atoms with E-state index in [-0.39, 0.29) is 22.0 Å². The lowest BCUT2D eigenvalue weighted by Crippen LogP contribution is -2.29. The molecule has 1 atom stereocenters. The number of nitro benzene ring substituents is 1. The van der Waals surface area contributed by atoms with E-state index in [1.807, 2.05) is 36.4 Å². The van der Waals surface area contributed by atoms with Gasteiger partial charge in [0.2, 0.25) is 5.13 Å². The van der Waals surface area contributed by atoms with Crippen molar-refractivity contribution in [1.82, 2.24) is 10.2 Å². The van der Waals surface area contributed by atoms with Crippen LogP contribution >= 0.6 is 23.1 Å². The van der Waals surface area contributed by atoms with Gasteiger partial charge in [0, 0.05) is 23.4 Å². The summed E-state index contributed by atoms with van der Waals surface area (Å²) in [5.41, 5.74) is 1.30. The Bertz CT molecular complexity index is 1990. The number of ketones is 1. The molecule has 0 saturated carbocycles. The number of rotatable bonds is 9. The molecule has 45 heavy (non-hydrogen) atoms. The highest BCUT2D eigenvalue weighted by Gasteiger charge is 2.48. The van der Waals surface area contributed by atoms with E-state index in [0.717, 1.165) is 27.7 Å². The fourth-order valence-electron chi connectivity index (χ4n) is 5.18. The average molecular weight is 641 g/mol. The van der Waals surface area contributed by atoms with E-state index in [2.05, 4.69) is 16.3 Å². The van der Waals surface area contributed by atoms with Crippen molar-refractivity contribution in [3.63, 3.8) is 0 Å².